The highest BCUT2D eigenvalue weighted by Crippen LogP contribution is 2.42. The van der Waals surface area contributed by atoms with Crippen molar-refractivity contribution >= 4 is 40.9 Å². The van der Waals surface area contributed by atoms with Crippen molar-refractivity contribution < 1.29 is 19.1 Å². The molecule has 0 bridgehead atoms. The van der Waals surface area contributed by atoms with Crippen LogP contribution in [0.5, 0.6) is 0 Å². The molecule has 1 unspecified atom stereocenters. The van der Waals surface area contributed by atoms with Gasteiger partial charge in [0.15, 0.2) is 0 Å². The maximum atomic E-state index is 12.6. The largest absolute Gasteiger partial charge is 0.466 e. The Morgan fingerprint density at radius 2 is 1.83 bits per heavy atom. The van der Waals surface area contributed by atoms with E-state index >= 15 is 0 Å². The molecule has 3 rings (SSSR count). The number of nitrogens with zero attached hydrogens (tertiary/aromatic N) is 1. The van der Waals surface area contributed by atoms with E-state index in [2.05, 4.69) is 12.2 Å². The summed E-state index contributed by atoms with van der Waals surface area (Å²) in [5.74, 6) is -0.0934. The minimum atomic E-state index is -0.377. The number of thioether (sulfide) groups is 1. The van der Waals surface area contributed by atoms with Gasteiger partial charge >= 0.3 is 5.97 Å². The molecule has 1 heterocycles. The molecular weight excluding hydrogens is 400 g/mol. The summed E-state index contributed by atoms with van der Waals surface area (Å²) in [6, 6.07) is 13.5. The monoisotopic (exact) mass is 426 g/mol. The molecule has 2 aromatic carbocycles. The van der Waals surface area contributed by atoms with E-state index in [0.29, 0.717) is 18.0 Å². The number of nitrogens with one attached hydrogen (secondary N) is 1. The van der Waals surface area contributed by atoms with Crippen molar-refractivity contribution in [1.82, 2.24) is 0 Å². The number of rotatable bonds is 7. The first-order chi connectivity index (χ1) is 14.4. The normalized spacial score (nSPS) is 15.9. The van der Waals surface area contributed by atoms with Gasteiger partial charge in [-0.3, -0.25) is 19.3 Å². The van der Waals surface area contributed by atoms with Gasteiger partial charge in [-0.1, -0.05) is 18.2 Å². The van der Waals surface area contributed by atoms with E-state index in [9.17, 15) is 14.4 Å². The highest BCUT2D eigenvalue weighted by atomic mass is 32.2. The molecular formula is C23H26N2O4S. The first kappa shape index (κ1) is 21.9. The van der Waals surface area contributed by atoms with E-state index in [4.69, 9.17) is 4.74 Å². The third-order valence-electron chi connectivity index (χ3n) is 4.98. The van der Waals surface area contributed by atoms with E-state index in [1.54, 1.807) is 18.7 Å². The van der Waals surface area contributed by atoms with Crippen LogP contribution in [0.2, 0.25) is 0 Å². The number of aryl methyl sites for hydroxylation is 2. The lowest BCUT2D eigenvalue weighted by Crippen LogP contribution is -2.27. The maximum absolute atomic E-state index is 12.6. The fourth-order valence-corrected chi connectivity index (χ4v) is 4.41. The molecule has 158 valence electrons. The molecule has 0 saturated carbocycles. The Morgan fingerprint density at radius 3 is 2.50 bits per heavy atom. The second kappa shape index (κ2) is 9.80. The van der Waals surface area contributed by atoms with Crippen LogP contribution < -0.4 is 10.2 Å². The van der Waals surface area contributed by atoms with Gasteiger partial charge in [-0.15, -0.1) is 11.8 Å². The highest BCUT2D eigenvalue weighted by molar-refractivity contribution is 8.00. The number of carbonyl (C=O) groups excluding carboxylic acids is 3. The van der Waals surface area contributed by atoms with Crippen molar-refractivity contribution in [1.29, 1.82) is 0 Å². The molecule has 0 radical (unpaired) electrons. The number of ether oxygens (including phenoxy) is 1. The highest BCUT2D eigenvalue weighted by Gasteiger charge is 2.34. The first-order valence-corrected chi connectivity index (χ1v) is 11.0. The Balaban J connectivity index is 1.67. The van der Waals surface area contributed by atoms with Gasteiger partial charge in [-0.25, -0.2) is 0 Å². The van der Waals surface area contributed by atoms with Crippen LogP contribution in [0.15, 0.2) is 42.5 Å². The molecule has 1 aliphatic rings. The van der Waals surface area contributed by atoms with Gasteiger partial charge in [0.05, 0.1) is 18.8 Å². The molecule has 6 nitrogen and oxygen atoms in total. The third kappa shape index (κ3) is 5.21. The lowest BCUT2D eigenvalue weighted by atomic mass is 10.1. The van der Waals surface area contributed by atoms with Gasteiger partial charge in [0.25, 0.3) is 0 Å². The number of benzene rings is 2. The predicted molar refractivity (Wildman–Crippen MR) is 120 cm³/mol. The molecule has 1 N–H and O–H groups in total. The topological polar surface area (TPSA) is 75.7 Å². The molecule has 7 heteroatoms. The molecule has 1 saturated heterocycles. The van der Waals surface area contributed by atoms with Gasteiger partial charge in [-0.05, 0) is 61.7 Å². The fourth-order valence-electron chi connectivity index (χ4n) is 3.23. The standard InChI is InChI=1S/C23H26N2O4S/c1-4-29-22(28)12-11-20(26)24-18-8-6-17(7-9-18)23-25(21(27)14-30-23)19-10-5-15(2)16(3)13-19/h5-10,13,23H,4,11-12,14H2,1-3H3,(H,24,26). The van der Waals surface area contributed by atoms with Gasteiger partial charge in [0.1, 0.15) is 5.37 Å². The smallest absolute Gasteiger partial charge is 0.306 e. The zero-order valence-electron chi connectivity index (χ0n) is 17.4. The summed E-state index contributed by atoms with van der Waals surface area (Å²) >= 11 is 1.59. The van der Waals surface area contributed by atoms with Gasteiger partial charge < -0.3 is 10.1 Å². The van der Waals surface area contributed by atoms with Crippen LogP contribution in [0.25, 0.3) is 0 Å². The predicted octanol–water partition coefficient (Wildman–Crippen LogP) is 4.36. The van der Waals surface area contributed by atoms with Crippen LogP contribution in [0.3, 0.4) is 0 Å². The van der Waals surface area contributed by atoms with Crippen molar-refractivity contribution in [2.75, 3.05) is 22.6 Å². The number of anilines is 2. The Labute approximate surface area is 181 Å². The minimum absolute atomic E-state index is 0.0590. The number of hydrogen-bond donors (Lipinski definition) is 1. The summed E-state index contributed by atoms with van der Waals surface area (Å²) in [7, 11) is 0. The van der Waals surface area contributed by atoms with E-state index in [0.717, 1.165) is 16.8 Å². The van der Waals surface area contributed by atoms with E-state index in [-0.39, 0.29) is 36.0 Å². The molecule has 0 spiro atoms. The Bertz CT molecular complexity index is 943. The zero-order chi connectivity index (χ0) is 21.7. The van der Waals surface area contributed by atoms with Crippen LogP contribution >= 0.6 is 11.8 Å². The molecule has 1 fully saturated rings. The van der Waals surface area contributed by atoms with Crippen molar-refractivity contribution in [2.45, 2.75) is 39.0 Å². The summed E-state index contributed by atoms with van der Waals surface area (Å²) in [5.41, 5.74) is 4.89. The van der Waals surface area contributed by atoms with E-state index < -0.39 is 0 Å². The average molecular weight is 427 g/mol. The fraction of sp³-hybridized carbons (Fsp3) is 0.348. The van der Waals surface area contributed by atoms with Crippen molar-refractivity contribution in [3.05, 3.63) is 59.2 Å². The van der Waals surface area contributed by atoms with Crippen LogP contribution in [0, 0.1) is 13.8 Å². The molecule has 0 aromatic heterocycles. The molecule has 0 aliphatic carbocycles. The molecule has 2 aromatic rings. The van der Waals surface area contributed by atoms with Crippen LogP contribution in [0.1, 0.15) is 41.8 Å². The molecule has 1 aliphatic heterocycles. The van der Waals surface area contributed by atoms with Gasteiger partial charge in [0, 0.05) is 17.8 Å². The minimum Gasteiger partial charge on any atom is -0.466 e. The maximum Gasteiger partial charge on any atom is 0.306 e. The third-order valence-corrected chi connectivity index (χ3v) is 6.19. The molecule has 30 heavy (non-hydrogen) atoms. The van der Waals surface area contributed by atoms with Gasteiger partial charge in [0.2, 0.25) is 11.8 Å². The number of hydrogen-bond acceptors (Lipinski definition) is 5. The van der Waals surface area contributed by atoms with Crippen LogP contribution in [-0.2, 0) is 19.1 Å². The first-order valence-electron chi connectivity index (χ1n) is 9.95. The van der Waals surface area contributed by atoms with Crippen molar-refractivity contribution in [3.63, 3.8) is 0 Å². The Hall–Kier alpha value is -2.80. The summed E-state index contributed by atoms with van der Waals surface area (Å²) in [4.78, 5) is 37.8. The van der Waals surface area contributed by atoms with Gasteiger partial charge in [-0.2, -0.15) is 0 Å². The summed E-state index contributed by atoms with van der Waals surface area (Å²) in [6.07, 6.45) is 0.137. The van der Waals surface area contributed by atoms with Crippen LogP contribution in [0.4, 0.5) is 11.4 Å². The lowest BCUT2D eigenvalue weighted by Gasteiger charge is -2.25. The van der Waals surface area contributed by atoms with Crippen molar-refractivity contribution in [3.8, 4) is 0 Å². The average Bonchev–Trinajstić information content (AvgIpc) is 3.11. The SMILES string of the molecule is CCOC(=O)CCC(=O)Nc1ccc(C2SCC(=O)N2c2ccc(C)c(C)c2)cc1. The summed E-state index contributed by atoms with van der Waals surface area (Å²) < 4.78 is 4.83. The van der Waals surface area contributed by atoms with E-state index in [1.165, 1.54) is 5.56 Å². The zero-order valence-corrected chi connectivity index (χ0v) is 18.3. The molecule has 1 atom stereocenters. The van der Waals surface area contributed by atoms with Crippen LogP contribution in [-0.4, -0.2) is 30.1 Å². The Morgan fingerprint density at radius 1 is 1.10 bits per heavy atom. The summed E-state index contributed by atoms with van der Waals surface area (Å²) in [5, 5.41) is 2.68. The second-order valence-electron chi connectivity index (χ2n) is 7.17. The number of carbonyl (C=O) groups is 3. The summed E-state index contributed by atoms with van der Waals surface area (Å²) in [6.45, 7) is 6.14. The number of esters is 1. The lowest BCUT2D eigenvalue weighted by molar-refractivity contribution is -0.144. The van der Waals surface area contributed by atoms with Crippen molar-refractivity contribution in [2.24, 2.45) is 0 Å². The number of amides is 2. The molecule has 2 amide bonds. The second-order valence-corrected chi connectivity index (χ2v) is 8.24. The Kier molecular flexibility index (Phi) is 7.15. The van der Waals surface area contributed by atoms with E-state index in [1.807, 2.05) is 54.3 Å². The quantitative estimate of drug-likeness (QED) is 0.666.